The maximum absolute atomic E-state index is 13.0. The molecule has 1 unspecified atom stereocenters. The van der Waals surface area contributed by atoms with Crippen LogP contribution < -0.4 is 9.47 Å². The Bertz CT molecular complexity index is 922. The number of likely N-dealkylation sites (tertiary alicyclic amines) is 1. The molecule has 3 rings (SSSR count). The van der Waals surface area contributed by atoms with Crippen molar-refractivity contribution in [1.82, 2.24) is 9.21 Å². The number of hydrogen-bond acceptors (Lipinski definition) is 6. The van der Waals surface area contributed by atoms with Crippen molar-refractivity contribution < 1.29 is 27.8 Å². The maximum atomic E-state index is 13.0. The lowest BCUT2D eigenvalue weighted by Gasteiger charge is -2.29. The van der Waals surface area contributed by atoms with Gasteiger partial charge in [0.05, 0.1) is 11.7 Å². The summed E-state index contributed by atoms with van der Waals surface area (Å²) in [7, 11) is -3.32. The van der Waals surface area contributed by atoms with Gasteiger partial charge < -0.3 is 14.6 Å². The Labute approximate surface area is 204 Å². The summed E-state index contributed by atoms with van der Waals surface area (Å²) in [6, 6.07) is 5.54. The summed E-state index contributed by atoms with van der Waals surface area (Å²) in [5, 5.41) is 10.2. The van der Waals surface area contributed by atoms with Crippen LogP contribution in [0.1, 0.15) is 70.8 Å². The first-order chi connectivity index (χ1) is 16.3. The number of fused-ring (bicyclic) bond motifs is 1. The number of carboxylic acids is 1. The normalized spacial score (nSPS) is 22.5. The number of carbonyl (C=O) groups is 1. The number of unbranched alkanes of at least 4 members (excludes halogenated alkanes) is 2. The molecule has 1 aromatic rings. The SMILES string of the molecule is CCCCCS(=O)(=O)N(CCC)CCN1CC(c2ccc3c(c2)OCO3)[C@H](C(=O)O)[C@H]1CCC. The molecule has 0 aromatic heterocycles. The minimum Gasteiger partial charge on any atom is -0.481 e. The molecule has 2 aliphatic rings. The van der Waals surface area contributed by atoms with Gasteiger partial charge in [-0.3, -0.25) is 9.69 Å². The Balaban J connectivity index is 1.78. The van der Waals surface area contributed by atoms with Gasteiger partial charge in [-0.25, -0.2) is 12.7 Å². The first-order valence-corrected chi connectivity index (χ1v) is 14.3. The van der Waals surface area contributed by atoms with Gasteiger partial charge in [-0.15, -0.1) is 0 Å². The number of hydrogen-bond donors (Lipinski definition) is 1. The minimum absolute atomic E-state index is 0.135. The highest BCUT2D eigenvalue weighted by Gasteiger charge is 2.46. The average Bonchev–Trinajstić information content (AvgIpc) is 3.41. The van der Waals surface area contributed by atoms with Crippen LogP contribution in [-0.2, 0) is 14.8 Å². The third kappa shape index (κ3) is 6.23. The molecule has 8 nitrogen and oxygen atoms in total. The molecular weight excluding hydrogens is 456 g/mol. The van der Waals surface area contributed by atoms with Crippen molar-refractivity contribution >= 4 is 16.0 Å². The van der Waals surface area contributed by atoms with Crippen molar-refractivity contribution in [3.8, 4) is 11.5 Å². The van der Waals surface area contributed by atoms with Gasteiger partial charge in [-0.1, -0.05) is 46.1 Å². The van der Waals surface area contributed by atoms with Crippen molar-refractivity contribution in [3.63, 3.8) is 0 Å². The van der Waals surface area contributed by atoms with Gasteiger partial charge >= 0.3 is 5.97 Å². The first-order valence-electron chi connectivity index (χ1n) is 12.7. The molecule has 0 aliphatic carbocycles. The van der Waals surface area contributed by atoms with E-state index in [0.29, 0.717) is 44.1 Å². The van der Waals surface area contributed by atoms with E-state index in [-0.39, 0.29) is 24.5 Å². The molecule has 192 valence electrons. The zero-order valence-corrected chi connectivity index (χ0v) is 21.6. The number of benzene rings is 1. The summed E-state index contributed by atoms with van der Waals surface area (Å²) in [4.78, 5) is 14.6. The second-order valence-corrected chi connectivity index (χ2v) is 11.4. The van der Waals surface area contributed by atoms with Crippen LogP contribution in [0.3, 0.4) is 0 Å². The van der Waals surface area contributed by atoms with Crippen LogP contribution in [0.4, 0.5) is 0 Å². The number of sulfonamides is 1. The number of carboxylic acid groups (broad SMARTS) is 1. The predicted octanol–water partition coefficient (Wildman–Crippen LogP) is 3.92. The molecule has 0 saturated carbocycles. The fourth-order valence-corrected chi connectivity index (χ4v) is 6.90. The van der Waals surface area contributed by atoms with E-state index >= 15 is 0 Å². The highest BCUT2D eigenvalue weighted by atomic mass is 32.2. The number of rotatable bonds is 14. The van der Waals surface area contributed by atoms with Gasteiger partial charge in [0, 0.05) is 38.1 Å². The Hall–Kier alpha value is -1.84. The highest BCUT2D eigenvalue weighted by molar-refractivity contribution is 7.89. The van der Waals surface area contributed by atoms with Gasteiger partial charge in [0.25, 0.3) is 0 Å². The highest BCUT2D eigenvalue weighted by Crippen LogP contribution is 2.42. The standard InChI is InChI=1S/C25H40N2O6S/c1-4-7-8-15-34(30,31)27(12-6-3)14-13-26-17-20(24(25(28)29)21(26)9-5-2)19-10-11-22-23(16-19)33-18-32-22/h10-11,16,20-21,24H,4-9,12-15,17-18H2,1-3H3,(H,28,29)/t20?,21-,24+/m1/s1. The zero-order valence-electron chi connectivity index (χ0n) is 20.7. The van der Waals surface area contributed by atoms with Crippen LogP contribution in [0.5, 0.6) is 11.5 Å². The molecule has 0 amide bonds. The van der Waals surface area contributed by atoms with Gasteiger partial charge in [-0.2, -0.15) is 0 Å². The number of nitrogens with zero attached hydrogens (tertiary/aromatic N) is 2. The molecular formula is C25H40N2O6S. The quantitative estimate of drug-likeness (QED) is 0.390. The van der Waals surface area contributed by atoms with Gasteiger partial charge in [0.2, 0.25) is 16.8 Å². The van der Waals surface area contributed by atoms with Crippen LogP contribution in [0.2, 0.25) is 0 Å². The Morgan fingerprint density at radius 3 is 2.53 bits per heavy atom. The largest absolute Gasteiger partial charge is 0.481 e. The van der Waals surface area contributed by atoms with Gasteiger partial charge in [0.15, 0.2) is 11.5 Å². The molecule has 9 heteroatoms. The molecule has 1 fully saturated rings. The van der Waals surface area contributed by atoms with E-state index in [1.807, 2.05) is 25.1 Å². The molecule has 1 N–H and O–H groups in total. The Morgan fingerprint density at radius 2 is 1.85 bits per heavy atom. The van der Waals surface area contributed by atoms with Crippen molar-refractivity contribution in [1.29, 1.82) is 0 Å². The fraction of sp³-hybridized carbons (Fsp3) is 0.720. The van der Waals surface area contributed by atoms with Crippen LogP contribution in [-0.4, -0.2) is 73.5 Å². The van der Waals surface area contributed by atoms with E-state index in [9.17, 15) is 18.3 Å². The average molecular weight is 497 g/mol. The lowest BCUT2D eigenvalue weighted by molar-refractivity contribution is -0.143. The first kappa shape index (κ1) is 26.8. The molecule has 2 heterocycles. The van der Waals surface area contributed by atoms with Crippen molar-refractivity contribution in [2.75, 3.05) is 38.7 Å². The van der Waals surface area contributed by atoms with E-state index in [1.165, 1.54) is 0 Å². The molecule has 1 aromatic carbocycles. The second-order valence-electron chi connectivity index (χ2n) is 9.36. The van der Waals surface area contributed by atoms with E-state index < -0.39 is 21.9 Å². The molecule has 34 heavy (non-hydrogen) atoms. The van der Waals surface area contributed by atoms with Crippen molar-refractivity contribution in [2.45, 2.75) is 71.3 Å². The van der Waals surface area contributed by atoms with Crippen LogP contribution in [0.15, 0.2) is 18.2 Å². The lowest BCUT2D eigenvalue weighted by Crippen LogP contribution is -2.43. The summed E-state index contributed by atoms with van der Waals surface area (Å²) >= 11 is 0. The lowest BCUT2D eigenvalue weighted by atomic mass is 9.84. The summed E-state index contributed by atoms with van der Waals surface area (Å²) in [5.74, 6) is -0.0401. The number of aliphatic carboxylic acids is 1. The molecule has 0 bridgehead atoms. The summed E-state index contributed by atoms with van der Waals surface area (Å²) in [6.45, 7) is 8.29. The van der Waals surface area contributed by atoms with Crippen molar-refractivity contribution in [2.24, 2.45) is 5.92 Å². The Morgan fingerprint density at radius 1 is 1.09 bits per heavy atom. The summed E-state index contributed by atoms with van der Waals surface area (Å²) < 4.78 is 38.5. The van der Waals surface area contributed by atoms with E-state index in [0.717, 1.165) is 37.7 Å². The maximum Gasteiger partial charge on any atom is 0.308 e. The summed E-state index contributed by atoms with van der Waals surface area (Å²) in [5.41, 5.74) is 0.929. The third-order valence-corrected chi connectivity index (χ3v) is 8.91. The van der Waals surface area contributed by atoms with E-state index in [1.54, 1.807) is 4.31 Å². The van der Waals surface area contributed by atoms with Crippen LogP contribution in [0, 0.1) is 5.92 Å². The second kappa shape index (κ2) is 12.2. The topological polar surface area (TPSA) is 96.4 Å². The van der Waals surface area contributed by atoms with E-state index in [4.69, 9.17) is 9.47 Å². The molecule has 1 saturated heterocycles. The minimum atomic E-state index is -3.32. The monoisotopic (exact) mass is 496 g/mol. The van der Waals surface area contributed by atoms with Gasteiger partial charge in [-0.05, 0) is 37.0 Å². The van der Waals surface area contributed by atoms with Gasteiger partial charge in [0.1, 0.15) is 0 Å². The third-order valence-electron chi connectivity index (χ3n) is 6.95. The summed E-state index contributed by atoms with van der Waals surface area (Å²) in [6.07, 6.45) is 4.94. The fourth-order valence-electron chi connectivity index (χ4n) is 5.25. The Kier molecular flexibility index (Phi) is 9.62. The predicted molar refractivity (Wildman–Crippen MR) is 132 cm³/mol. The van der Waals surface area contributed by atoms with Crippen LogP contribution >= 0.6 is 0 Å². The van der Waals surface area contributed by atoms with E-state index in [2.05, 4.69) is 18.7 Å². The molecule has 0 radical (unpaired) electrons. The van der Waals surface area contributed by atoms with Crippen molar-refractivity contribution in [3.05, 3.63) is 23.8 Å². The smallest absolute Gasteiger partial charge is 0.308 e. The zero-order chi connectivity index (χ0) is 24.7. The molecule has 3 atom stereocenters. The van der Waals surface area contributed by atoms with Crippen LogP contribution in [0.25, 0.3) is 0 Å². The molecule has 0 spiro atoms. The molecule has 2 aliphatic heterocycles. The number of ether oxygens (including phenoxy) is 2.